The van der Waals surface area contributed by atoms with Gasteiger partial charge < -0.3 is 9.47 Å². The minimum atomic E-state index is -0.358. The van der Waals surface area contributed by atoms with Crippen LogP contribution in [0.2, 0.25) is 0 Å². The lowest BCUT2D eigenvalue weighted by molar-refractivity contribution is -0.176. The van der Waals surface area contributed by atoms with Crippen LogP contribution in [0.4, 0.5) is 0 Å². The van der Waals surface area contributed by atoms with E-state index in [-0.39, 0.29) is 35.9 Å². The lowest BCUT2D eigenvalue weighted by atomic mass is 9.69. The number of carbonyl (C=O) groups excluding carboxylic acids is 2. The van der Waals surface area contributed by atoms with Gasteiger partial charge in [-0.15, -0.1) is 0 Å². The van der Waals surface area contributed by atoms with Gasteiger partial charge in [0.2, 0.25) is 0 Å². The highest BCUT2D eigenvalue weighted by atomic mass is 16.6. The first-order valence-corrected chi connectivity index (χ1v) is 10.6. The largest absolute Gasteiger partial charge is 0.463 e. The van der Waals surface area contributed by atoms with Gasteiger partial charge in [-0.25, -0.2) is 0 Å². The van der Waals surface area contributed by atoms with Gasteiger partial charge in [-0.1, -0.05) is 41.5 Å². The van der Waals surface area contributed by atoms with Crippen LogP contribution in [0.15, 0.2) is 0 Å². The number of hydrogen-bond acceptors (Lipinski definition) is 4. The summed E-state index contributed by atoms with van der Waals surface area (Å²) >= 11 is 0. The van der Waals surface area contributed by atoms with E-state index in [1.54, 1.807) is 0 Å². The Morgan fingerprint density at radius 2 is 1.62 bits per heavy atom. The molecule has 4 nitrogen and oxygen atoms in total. The summed E-state index contributed by atoms with van der Waals surface area (Å²) in [5.41, 5.74) is 0. The quantitative estimate of drug-likeness (QED) is 0.498. The van der Waals surface area contributed by atoms with Crippen LogP contribution in [0, 0.1) is 41.4 Å². The van der Waals surface area contributed by atoms with Crippen molar-refractivity contribution in [3.63, 3.8) is 0 Å². The third-order valence-corrected chi connectivity index (χ3v) is 7.06. The van der Waals surface area contributed by atoms with Gasteiger partial charge >= 0.3 is 5.97 Å². The molecule has 4 unspecified atom stereocenters. The third kappa shape index (κ3) is 4.80. The molecule has 0 N–H and O–H groups in total. The van der Waals surface area contributed by atoms with Crippen molar-refractivity contribution in [3.05, 3.63) is 0 Å². The number of esters is 1. The van der Waals surface area contributed by atoms with E-state index in [1.807, 2.05) is 0 Å². The Morgan fingerprint density at radius 3 is 2.19 bits per heavy atom. The van der Waals surface area contributed by atoms with Gasteiger partial charge in [0.15, 0.2) is 0 Å². The lowest BCUT2D eigenvalue weighted by Gasteiger charge is -2.42. The van der Waals surface area contributed by atoms with Crippen LogP contribution < -0.4 is 0 Å². The van der Waals surface area contributed by atoms with E-state index in [0.717, 1.165) is 25.7 Å². The Hall–Kier alpha value is -1.06. The molecule has 0 radical (unpaired) electrons. The summed E-state index contributed by atoms with van der Waals surface area (Å²) in [6.45, 7) is 13.6. The summed E-state index contributed by atoms with van der Waals surface area (Å²) < 4.78 is 11.5. The third-order valence-electron chi connectivity index (χ3n) is 7.06. The van der Waals surface area contributed by atoms with Crippen LogP contribution in [0.25, 0.3) is 0 Å². The number of ether oxygens (including phenoxy) is 2. The highest BCUT2D eigenvalue weighted by Crippen LogP contribution is 2.41. The van der Waals surface area contributed by atoms with Gasteiger partial charge in [0.1, 0.15) is 12.2 Å². The van der Waals surface area contributed by atoms with E-state index in [1.165, 1.54) is 6.42 Å². The van der Waals surface area contributed by atoms with E-state index >= 15 is 0 Å². The number of rotatable bonds is 6. The van der Waals surface area contributed by atoms with Gasteiger partial charge in [0.25, 0.3) is 6.47 Å². The fraction of sp³-hybridized carbons (Fsp3) is 0.909. The molecule has 2 aliphatic rings. The number of carbonyl (C=O) groups is 2. The maximum Gasteiger partial charge on any atom is 0.313 e. The molecule has 7 atom stereocenters. The first kappa shape index (κ1) is 21.2. The van der Waals surface area contributed by atoms with E-state index in [4.69, 9.17) is 9.47 Å². The maximum absolute atomic E-state index is 13.1. The first-order valence-electron chi connectivity index (χ1n) is 10.6. The van der Waals surface area contributed by atoms with Crippen LogP contribution >= 0.6 is 0 Å². The van der Waals surface area contributed by atoms with Crippen LogP contribution in [0.3, 0.4) is 0 Å². The molecule has 26 heavy (non-hydrogen) atoms. The average molecular weight is 367 g/mol. The SMILES string of the molecule is CC(C)C1CC[C@@H](C)[C@H](C(=O)OC2C[C@H](C(C)C)CCC2C)C1OC=O. The summed E-state index contributed by atoms with van der Waals surface area (Å²) in [5, 5.41) is 0. The molecule has 0 amide bonds. The van der Waals surface area contributed by atoms with Crippen molar-refractivity contribution in [2.24, 2.45) is 41.4 Å². The van der Waals surface area contributed by atoms with Gasteiger partial charge in [-0.2, -0.15) is 0 Å². The molecule has 4 heteroatoms. The Morgan fingerprint density at radius 1 is 0.962 bits per heavy atom. The molecule has 0 aromatic heterocycles. The normalized spacial score (nSPS) is 38.2. The highest BCUT2D eigenvalue weighted by Gasteiger charge is 2.46. The summed E-state index contributed by atoms with van der Waals surface area (Å²) in [7, 11) is 0. The zero-order valence-electron chi connectivity index (χ0n) is 17.4. The Kier molecular flexibility index (Phi) is 7.54. The molecule has 2 fully saturated rings. The second-order valence-electron chi connectivity index (χ2n) is 9.45. The van der Waals surface area contributed by atoms with Crippen molar-refractivity contribution in [1.29, 1.82) is 0 Å². The minimum Gasteiger partial charge on any atom is -0.463 e. The molecular formula is C22H38O4. The van der Waals surface area contributed by atoms with E-state index < -0.39 is 0 Å². The molecule has 0 spiro atoms. The number of hydrogen-bond donors (Lipinski definition) is 0. The summed E-state index contributed by atoms with van der Waals surface area (Å²) in [6, 6.07) is 0. The fourth-order valence-electron chi connectivity index (χ4n) is 5.03. The predicted molar refractivity (Wildman–Crippen MR) is 102 cm³/mol. The monoisotopic (exact) mass is 366 g/mol. The van der Waals surface area contributed by atoms with Crippen molar-refractivity contribution < 1.29 is 19.1 Å². The van der Waals surface area contributed by atoms with Gasteiger partial charge in [-0.05, 0) is 67.6 Å². The van der Waals surface area contributed by atoms with Gasteiger partial charge in [0, 0.05) is 0 Å². The fourth-order valence-corrected chi connectivity index (χ4v) is 5.03. The van der Waals surface area contributed by atoms with Crippen LogP contribution in [-0.4, -0.2) is 24.6 Å². The summed E-state index contributed by atoms with van der Waals surface area (Å²) in [6.07, 6.45) is 4.91. The smallest absolute Gasteiger partial charge is 0.313 e. The van der Waals surface area contributed by atoms with Crippen LogP contribution in [0.5, 0.6) is 0 Å². The second kappa shape index (κ2) is 9.23. The molecule has 0 aromatic carbocycles. The minimum absolute atomic E-state index is 0.00726. The molecule has 2 rings (SSSR count). The second-order valence-corrected chi connectivity index (χ2v) is 9.45. The van der Waals surface area contributed by atoms with E-state index in [9.17, 15) is 9.59 Å². The molecule has 0 heterocycles. The zero-order chi connectivity index (χ0) is 19.4. The maximum atomic E-state index is 13.1. The Bertz CT molecular complexity index is 473. The van der Waals surface area contributed by atoms with Gasteiger partial charge in [-0.3, -0.25) is 9.59 Å². The topological polar surface area (TPSA) is 52.6 Å². The lowest BCUT2D eigenvalue weighted by Crippen LogP contribution is -2.48. The average Bonchev–Trinajstić information content (AvgIpc) is 2.56. The zero-order valence-corrected chi connectivity index (χ0v) is 17.4. The molecule has 0 aromatic rings. The first-order chi connectivity index (χ1) is 12.3. The van der Waals surface area contributed by atoms with Crippen molar-refractivity contribution in [2.45, 2.75) is 85.9 Å². The highest BCUT2D eigenvalue weighted by molar-refractivity contribution is 5.74. The molecule has 0 saturated heterocycles. The van der Waals surface area contributed by atoms with Crippen molar-refractivity contribution in [3.8, 4) is 0 Å². The summed E-state index contributed by atoms with van der Waals surface area (Å²) in [5.74, 6) is 1.93. The van der Waals surface area contributed by atoms with Crippen molar-refractivity contribution in [2.75, 3.05) is 0 Å². The Balaban J connectivity index is 2.12. The summed E-state index contributed by atoms with van der Waals surface area (Å²) in [4.78, 5) is 24.2. The van der Waals surface area contributed by atoms with Gasteiger partial charge in [0.05, 0.1) is 5.92 Å². The van der Waals surface area contributed by atoms with Crippen LogP contribution in [0.1, 0.15) is 73.6 Å². The molecule has 150 valence electrons. The van der Waals surface area contributed by atoms with E-state index in [0.29, 0.717) is 30.1 Å². The standard InChI is InChI=1S/C22H38O4/c1-13(2)17-9-7-15(5)19(11-17)26-22(24)20-16(6)8-10-18(14(3)4)21(20)25-12-23/h12-21H,7-11H2,1-6H3/t15?,16-,17-,18?,19?,20+,21?/m1/s1. The van der Waals surface area contributed by atoms with E-state index in [2.05, 4.69) is 41.5 Å². The predicted octanol–water partition coefficient (Wildman–Crippen LogP) is 4.85. The van der Waals surface area contributed by atoms with Crippen LogP contribution in [-0.2, 0) is 19.1 Å². The van der Waals surface area contributed by atoms with Crippen molar-refractivity contribution in [1.82, 2.24) is 0 Å². The molecule has 2 aliphatic carbocycles. The molecular weight excluding hydrogens is 328 g/mol. The molecule has 0 aliphatic heterocycles. The molecule has 0 bridgehead atoms. The molecule has 2 saturated carbocycles. The van der Waals surface area contributed by atoms with Crippen molar-refractivity contribution >= 4 is 12.4 Å². The Labute approximate surface area is 159 Å².